The molecule has 3 N–H and O–H groups in total. The van der Waals surface area contributed by atoms with Crippen molar-refractivity contribution in [3.8, 4) is 0 Å². The summed E-state index contributed by atoms with van der Waals surface area (Å²) in [4.78, 5) is 16.3. The van der Waals surface area contributed by atoms with E-state index in [0.29, 0.717) is 12.5 Å². The summed E-state index contributed by atoms with van der Waals surface area (Å²) in [6.07, 6.45) is 0.342. The summed E-state index contributed by atoms with van der Waals surface area (Å²) in [5, 5.41) is 0. The third kappa shape index (κ3) is 3.79. The maximum atomic E-state index is 11.5. The number of hydrazine groups is 1. The van der Waals surface area contributed by atoms with E-state index in [-0.39, 0.29) is 5.91 Å². The third-order valence-corrected chi connectivity index (χ3v) is 3.97. The summed E-state index contributed by atoms with van der Waals surface area (Å²) >= 11 is 0. The van der Waals surface area contributed by atoms with E-state index in [9.17, 15) is 4.79 Å². The molecule has 1 aliphatic rings. The van der Waals surface area contributed by atoms with Gasteiger partial charge in [-0.3, -0.25) is 15.1 Å². The lowest BCUT2D eigenvalue weighted by Gasteiger charge is -2.38. The van der Waals surface area contributed by atoms with Gasteiger partial charge in [-0.2, -0.15) is 0 Å². The van der Waals surface area contributed by atoms with E-state index < -0.39 is 0 Å². The van der Waals surface area contributed by atoms with E-state index in [1.54, 1.807) is 0 Å². The van der Waals surface area contributed by atoms with Crippen LogP contribution < -0.4 is 11.3 Å². The van der Waals surface area contributed by atoms with Crippen molar-refractivity contribution in [2.45, 2.75) is 25.9 Å². The van der Waals surface area contributed by atoms with Crippen molar-refractivity contribution in [3.05, 3.63) is 35.4 Å². The second-order valence-electron chi connectivity index (χ2n) is 5.59. The first-order chi connectivity index (χ1) is 9.60. The Morgan fingerprint density at radius 2 is 2.05 bits per heavy atom. The Balaban J connectivity index is 2.07. The number of hydrogen-bond donors (Lipinski definition) is 2. The number of rotatable bonds is 4. The molecule has 2 rings (SSSR count). The first kappa shape index (κ1) is 15.0. The first-order valence-corrected chi connectivity index (χ1v) is 7.09. The zero-order valence-electron chi connectivity index (χ0n) is 12.3. The Bertz CT molecular complexity index is 463. The molecule has 0 radical (unpaired) electrons. The average molecular weight is 276 g/mol. The molecule has 1 amide bonds. The lowest BCUT2D eigenvalue weighted by Crippen LogP contribution is -2.49. The van der Waals surface area contributed by atoms with Gasteiger partial charge in [-0.15, -0.1) is 0 Å². The summed E-state index contributed by atoms with van der Waals surface area (Å²) in [6.45, 7) is 6.39. The molecule has 0 saturated carbocycles. The van der Waals surface area contributed by atoms with Gasteiger partial charge in [-0.1, -0.05) is 24.3 Å². The van der Waals surface area contributed by atoms with Gasteiger partial charge < -0.3 is 4.90 Å². The average Bonchev–Trinajstić information content (AvgIpc) is 2.43. The lowest BCUT2D eigenvalue weighted by atomic mass is 10.0. The van der Waals surface area contributed by atoms with Gasteiger partial charge in [0.1, 0.15) is 0 Å². The Labute approximate surface area is 120 Å². The molecule has 1 heterocycles. The molecule has 1 saturated heterocycles. The van der Waals surface area contributed by atoms with Gasteiger partial charge in [-0.25, -0.2) is 5.84 Å². The van der Waals surface area contributed by atoms with Gasteiger partial charge >= 0.3 is 0 Å². The smallest absolute Gasteiger partial charge is 0.238 e. The second kappa shape index (κ2) is 6.83. The topological polar surface area (TPSA) is 61.6 Å². The fraction of sp³-hybridized carbons (Fsp3) is 0.533. The molecule has 5 nitrogen and oxygen atoms in total. The molecule has 110 valence electrons. The molecular formula is C15H24N4O. The summed E-state index contributed by atoms with van der Waals surface area (Å²) in [5.41, 5.74) is 4.47. The Hall–Kier alpha value is -1.43. The van der Waals surface area contributed by atoms with E-state index in [2.05, 4.69) is 35.3 Å². The fourth-order valence-electron chi connectivity index (χ4n) is 2.74. The molecule has 1 unspecified atom stereocenters. The maximum Gasteiger partial charge on any atom is 0.238 e. The molecule has 0 aromatic heterocycles. The minimum Gasteiger partial charge on any atom is -0.304 e. The maximum absolute atomic E-state index is 11.5. The Morgan fingerprint density at radius 3 is 2.70 bits per heavy atom. The highest BCUT2D eigenvalue weighted by Crippen LogP contribution is 2.16. The molecule has 20 heavy (non-hydrogen) atoms. The monoisotopic (exact) mass is 276 g/mol. The summed E-state index contributed by atoms with van der Waals surface area (Å²) in [5.74, 6) is 5.03. The Kier molecular flexibility index (Phi) is 5.11. The predicted octanol–water partition coefficient (Wildman–Crippen LogP) is 0.355. The molecule has 1 aromatic carbocycles. The number of piperazine rings is 1. The fourth-order valence-corrected chi connectivity index (χ4v) is 2.74. The molecule has 1 aromatic rings. The standard InChI is InChI=1S/C15H24N4O/c1-12-10-18(2)7-8-19(12)11-14-6-4-3-5-13(14)9-15(20)17-16/h3-6,12H,7-11,16H2,1-2H3,(H,17,20). The number of nitrogens with zero attached hydrogens (tertiary/aromatic N) is 2. The van der Waals surface area contributed by atoms with Crippen molar-refractivity contribution < 1.29 is 4.79 Å². The largest absolute Gasteiger partial charge is 0.304 e. The molecule has 1 fully saturated rings. The number of carbonyl (C=O) groups excluding carboxylic acids is 1. The van der Waals surface area contributed by atoms with E-state index in [1.165, 1.54) is 5.56 Å². The van der Waals surface area contributed by atoms with Gasteiger partial charge in [-0.05, 0) is 25.1 Å². The van der Waals surface area contributed by atoms with Crippen LogP contribution in [-0.4, -0.2) is 48.4 Å². The van der Waals surface area contributed by atoms with Crippen LogP contribution in [0.15, 0.2) is 24.3 Å². The quantitative estimate of drug-likeness (QED) is 0.473. The first-order valence-electron chi connectivity index (χ1n) is 7.09. The minimum atomic E-state index is -0.149. The molecule has 1 aliphatic heterocycles. The second-order valence-corrected chi connectivity index (χ2v) is 5.59. The summed E-state index contributed by atoms with van der Waals surface area (Å²) in [7, 11) is 2.16. The van der Waals surface area contributed by atoms with Crippen LogP contribution in [0.25, 0.3) is 0 Å². The van der Waals surface area contributed by atoms with Crippen LogP contribution in [0.3, 0.4) is 0 Å². The molecule has 0 bridgehead atoms. The summed E-state index contributed by atoms with van der Waals surface area (Å²) in [6, 6.07) is 8.64. The minimum absolute atomic E-state index is 0.149. The van der Waals surface area contributed by atoms with Gasteiger partial charge in [0.25, 0.3) is 0 Å². The van der Waals surface area contributed by atoms with Crippen LogP contribution in [0, 0.1) is 0 Å². The van der Waals surface area contributed by atoms with Gasteiger partial charge in [0.15, 0.2) is 0 Å². The molecule has 0 spiro atoms. The van der Waals surface area contributed by atoms with Crippen LogP contribution >= 0.6 is 0 Å². The number of nitrogens with one attached hydrogen (secondary N) is 1. The van der Waals surface area contributed by atoms with E-state index >= 15 is 0 Å². The Morgan fingerprint density at radius 1 is 1.35 bits per heavy atom. The number of nitrogens with two attached hydrogens (primary N) is 1. The van der Waals surface area contributed by atoms with Crippen molar-refractivity contribution in [3.63, 3.8) is 0 Å². The number of hydrogen-bond acceptors (Lipinski definition) is 4. The van der Waals surface area contributed by atoms with Gasteiger partial charge in [0.2, 0.25) is 5.91 Å². The van der Waals surface area contributed by atoms with Crippen LogP contribution in [0.2, 0.25) is 0 Å². The van der Waals surface area contributed by atoms with E-state index in [0.717, 1.165) is 31.7 Å². The SMILES string of the molecule is CC1CN(C)CCN1Cc1ccccc1CC(=O)NN. The summed E-state index contributed by atoms with van der Waals surface area (Å²) < 4.78 is 0. The lowest BCUT2D eigenvalue weighted by molar-refractivity contribution is -0.120. The highest BCUT2D eigenvalue weighted by Gasteiger charge is 2.22. The molecule has 0 aliphatic carbocycles. The molecule has 1 atom stereocenters. The normalized spacial score (nSPS) is 20.9. The number of likely N-dealkylation sites (N-methyl/N-ethyl adjacent to an activating group) is 1. The number of benzene rings is 1. The van der Waals surface area contributed by atoms with Crippen molar-refractivity contribution >= 4 is 5.91 Å². The van der Waals surface area contributed by atoms with Gasteiger partial charge in [0, 0.05) is 32.2 Å². The highest BCUT2D eigenvalue weighted by atomic mass is 16.2. The predicted molar refractivity (Wildman–Crippen MR) is 79.8 cm³/mol. The van der Waals surface area contributed by atoms with E-state index in [1.807, 2.05) is 18.2 Å². The van der Waals surface area contributed by atoms with Gasteiger partial charge in [0.05, 0.1) is 6.42 Å². The zero-order valence-corrected chi connectivity index (χ0v) is 12.3. The number of amides is 1. The van der Waals surface area contributed by atoms with Crippen molar-refractivity contribution in [2.75, 3.05) is 26.7 Å². The van der Waals surface area contributed by atoms with Crippen LogP contribution in [0.5, 0.6) is 0 Å². The third-order valence-electron chi connectivity index (χ3n) is 3.97. The van der Waals surface area contributed by atoms with Crippen molar-refractivity contribution in [2.24, 2.45) is 5.84 Å². The van der Waals surface area contributed by atoms with Crippen LogP contribution in [-0.2, 0) is 17.8 Å². The van der Waals surface area contributed by atoms with Crippen molar-refractivity contribution in [1.82, 2.24) is 15.2 Å². The van der Waals surface area contributed by atoms with Crippen molar-refractivity contribution in [1.29, 1.82) is 0 Å². The molecule has 5 heteroatoms. The highest BCUT2D eigenvalue weighted by molar-refractivity contribution is 5.78. The zero-order chi connectivity index (χ0) is 14.5. The molecular weight excluding hydrogens is 252 g/mol. The number of carbonyl (C=O) groups is 1. The van der Waals surface area contributed by atoms with Crippen LogP contribution in [0.4, 0.5) is 0 Å². The van der Waals surface area contributed by atoms with Crippen LogP contribution in [0.1, 0.15) is 18.1 Å². The van der Waals surface area contributed by atoms with E-state index in [4.69, 9.17) is 5.84 Å².